The molecule has 0 N–H and O–H groups in total. The number of hydrogen-bond acceptors (Lipinski definition) is 2. The van der Waals surface area contributed by atoms with Crippen molar-refractivity contribution in [3.05, 3.63) is 77.9 Å². The largest absolute Gasteiger partial charge is 0.295 e. The van der Waals surface area contributed by atoms with Crippen molar-refractivity contribution in [2.75, 3.05) is 0 Å². The molecule has 0 spiro atoms. The summed E-state index contributed by atoms with van der Waals surface area (Å²) in [5.74, 6) is -0.329. The minimum Gasteiger partial charge on any atom is -0.295 e. The van der Waals surface area contributed by atoms with Crippen molar-refractivity contribution >= 4 is 17.1 Å². The first-order valence-corrected chi connectivity index (χ1v) is 8.09. The van der Waals surface area contributed by atoms with E-state index in [-0.39, 0.29) is 23.4 Å². The lowest BCUT2D eigenvalue weighted by atomic mass is 9.72. The molecular formula is C21H20O2. The molecule has 0 fully saturated rings. The fourth-order valence-electron chi connectivity index (χ4n) is 3.35. The molecule has 2 atom stereocenters. The van der Waals surface area contributed by atoms with Gasteiger partial charge in [-0.05, 0) is 30.1 Å². The highest BCUT2D eigenvalue weighted by molar-refractivity contribution is 6.07. The van der Waals surface area contributed by atoms with Gasteiger partial charge in [0.2, 0.25) is 0 Å². The van der Waals surface area contributed by atoms with E-state index in [2.05, 4.69) is 0 Å². The SMILES string of the molecule is CC[C@@H]1C(=O)C=C(c2ccccc2)C[C@H]1C(=O)c1ccccc1. The summed E-state index contributed by atoms with van der Waals surface area (Å²) in [6, 6.07) is 19.2. The molecule has 0 bridgehead atoms. The summed E-state index contributed by atoms with van der Waals surface area (Å²) >= 11 is 0. The van der Waals surface area contributed by atoms with Gasteiger partial charge < -0.3 is 0 Å². The third-order valence-corrected chi connectivity index (χ3v) is 4.59. The lowest BCUT2D eigenvalue weighted by Gasteiger charge is -2.29. The predicted octanol–water partition coefficient (Wildman–Crippen LogP) is 4.57. The van der Waals surface area contributed by atoms with Crippen LogP contribution in [0.4, 0.5) is 0 Å². The van der Waals surface area contributed by atoms with Gasteiger partial charge in [0, 0.05) is 17.4 Å². The molecule has 2 aromatic carbocycles. The van der Waals surface area contributed by atoms with E-state index in [1.807, 2.05) is 67.6 Å². The lowest BCUT2D eigenvalue weighted by Crippen LogP contribution is -2.32. The van der Waals surface area contributed by atoms with Crippen LogP contribution in [0, 0.1) is 11.8 Å². The standard InChI is InChI=1S/C21H20O2/c1-2-18-19(21(23)16-11-7-4-8-12-16)13-17(14-20(18)22)15-9-5-3-6-10-15/h3-12,14,18-19H,2,13H2,1H3/t18-,19+/m0/s1. The molecule has 2 nitrogen and oxygen atoms in total. The van der Waals surface area contributed by atoms with E-state index in [0.717, 1.165) is 11.1 Å². The van der Waals surface area contributed by atoms with Crippen LogP contribution in [0.15, 0.2) is 66.7 Å². The molecule has 116 valence electrons. The Morgan fingerprint density at radius 2 is 1.61 bits per heavy atom. The zero-order chi connectivity index (χ0) is 16.2. The summed E-state index contributed by atoms with van der Waals surface area (Å²) in [7, 11) is 0. The number of benzene rings is 2. The molecule has 0 aromatic heterocycles. The first-order valence-electron chi connectivity index (χ1n) is 8.09. The Kier molecular flexibility index (Phi) is 4.52. The van der Waals surface area contributed by atoms with Crippen molar-refractivity contribution in [1.29, 1.82) is 0 Å². The minimum absolute atomic E-state index is 0.0758. The number of Topliss-reactive ketones (excluding diaryl/α,β-unsaturated/α-hetero) is 1. The number of ketones is 2. The van der Waals surface area contributed by atoms with Crippen molar-refractivity contribution < 1.29 is 9.59 Å². The summed E-state index contributed by atoms with van der Waals surface area (Å²) in [4.78, 5) is 25.4. The summed E-state index contributed by atoms with van der Waals surface area (Å²) in [6.07, 6.45) is 3.06. The Morgan fingerprint density at radius 3 is 2.22 bits per heavy atom. The Labute approximate surface area is 136 Å². The van der Waals surface area contributed by atoms with Crippen LogP contribution in [0.5, 0.6) is 0 Å². The van der Waals surface area contributed by atoms with E-state index in [0.29, 0.717) is 18.4 Å². The number of hydrogen-bond donors (Lipinski definition) is 0. The molecule has 0 radical (unpaired) electrons. The highest BCUT2D eigenvalue weighted by Crippen LogP contribution is 2.36. The molecule has 0 heterocycles. The Bertz CT molecular complexity index is 729. The van der Waals surface area contributed by atoms with Crippen LogP contribution in [0.2, 0.25) is 0 Å². The van der Waals surface area contributed by atoms with Gasteiger partial charge in [-0.15, -0.1) is 0 Å². The lowest BCUT2D eigenvalue weighted by molar-refractivity contribution is -0.119. The van der Waals surface area contributed by atoms with Gasteiger partial charge in [-0.3, -0.25) is 9.59 Å². The molecule has 0 unspecified atom stereocenters. The van der Waals surface area contributed by atoms with Crippen LogP contribution in [-0.4, -0.2) is 11.6 Å². The molecule has 1 aliphatic carbocycles. The molecule has 0 amide bonds. The average Bonchev–Trinajstić information content (AvgIpc) is 2.62. The van der Waals surface area contributed by atoms with Crippen molar-refractivity contribution in [1.82, 2.24) is 0 Å². The molecule has 1 aliphatic rings. The van der Waals surface area contributed by atoms with Gasteiger partial charge in [-0.25, -0.2) is 0 Å². The molecule has 2 heteroatoms. The maximum atomic E-state index is 12.9. The zero-order valence-electron chi connectivity index (χ0n) is 13.2. The highest BCUT2D eigenvalue weighted by atomic mass is 16.1. The molecule has 2 aromatic rings. The monoisotopic (exact) mass is 304 g/mol. The number of carbonyl (C=O) groups is 2. The van der Waals surface area contributed by atoms with Gasteiger partial charge >= 0.3 is 0 Å². The first-order chi connectivity index (χ1) is 11.2. The second-order valence-electron chi connectivity index (χ2n) is 5.99. The second-order valence-corrected chi connectivity index (χ2v) is 5.99. The summed E-state index contributed by atoms with van der Waals surface area (Å²) < 4.78 is 0. The smallest absolute Gasteiger partial charge is 0.167 e. The third-order valence-electron chi connectivity index (χ3n) is 4.59. The number of rotatable bonds is 4. The third kappa shape index (κ3) is 3.16. The fraction of sp³-hybridized carbons (Fsp3) is 0.238. The summed E-state index contributed by atoms with van der Waals surface area (Å²) in [5.41, 5.74) is 2.69. The van der Waals surface area contributed by atoms with Crippen molar-refractivity contribution in [3.63, 3.8) is 0 Å². The molecule has 0 saturated heterocycles. The normalized spacial score (nSPS) is 20.9. The fourth-order valence-corrected chi connectivity index (χ4v) is 3.35. The Morgan fingerprint density at radius 1 is 1.00 bits per heavy atom. The van der Waals surface area contributed by atoms with Crippen LogP contribution in [-0.2, 0) is 4.79 Å². The topological polar surface area (TPSA) is 34.1 Å². The van der Waals surface area contributed by atoms with Crippen LogP contribution in [0.1, 0.15) is 35.7 Å². The van der Waals surface area contributed by atoms with Gasteiger partial charge in [0.1, 0.15) is 0 Å². The van der Waals surface area contributed by atoms with E-state index in [1.165, 1.54) is 0 Å². The van der Waals surface area contributed by atoms with Crippen LogP contribution in [0.25, 0.3) is 5.57 Å². The quantitative estimate of drug-likeness (QED) is 0.775. The van der Waals surface area contributed by atoms with Crippen LogP contribution in [0.3, 0.4) is 0 Å². The maximum absolute atomic E-state index is 12.9. The summed E-state index contributed by atoms with van der Waals surface area (Å²) in [6.45, 7) is 1.98. The van der Waals surface area contributed by atoms with Crippen LogP contribution >= 0.6 is 0 Å². The maximum Gasteiger partial charge on any atom is 0.167 e. The molecule has 3 rings (SSSR count). The van der Waals surface area contributed by atoms with Crippen molar-refractivity contribution in [3.8, 4) is 0 Å². The van der Waals surface area contributed by atoms with Crippen molar-refractivity contribution in [2.24, 2.45) is 11.8 Å². The zero-order valence-corrected chi connectivity index (χ0v) is 13.2. The average molecular weight is 304 g/mol. The van der Waals surface area contributed by atoms with Gasteiger partial charge in [0.15, 0.2) is 11.6 Å². The molecular weight excluding hydrogens is 284 g/mol. The first kappa shape index (κ1) is 15.4. The van der Waals surface area contributed by atoms with Gasteiger partial charge in [0.05, 0.1) is 0 Å². The van der Waals surface area contributed by atoms with Crippen LogP contribution < -0.4 is 0 Å². The minimum atomic E-state index is -0.268. The second kappa shape index (κ2) is 6.74. The number of allylic oxidation sites excluding steroid dienone is 2. The highest BCUT2D eigenvalue weighted by Gasteiger charge is 2.36. The van der Waals surface area contributed by atoms with Crippen molar-refractivity contribution in [2.45, 2.75) is 19.8 Å². The van der Waals surface area contributed by atoms with E-state index < -0.39 is 0 Å². The number of carbonyl (C=O) groups excluding carboxylic acids is 2. The van der Waals surface area contributed by atoms with Gasteiger partial charge in [0.25, 0.3) is 0 Å². The van der Waals surface area contributed by atoms with Gasteiger partial charge in [-0.1, -0.05) is 67.6 Å². The molecule has 0 saturated carbocycles. The van der Waals surface area contributed by atoms with E-state index in [4.69, 9.17) is 0 Å². The van der Waals surface area contributed by atoms with E-state index >= 15 is 0 Å². The Balaban J connectivity index is 1.95. The molecule has 0 aliphatic heterocycles. The molecule has 23 heavy (non-hydrogen) atoms. The summed E-state index contributed by atoms with van der Waals surface area (Å²) in [5, 5.41) is 0. The van der Waals surface area contributed by atoms with E-state index in [9.17, 15) is 9.59 Å². The van der Waals surface area contributed by atoms with E-state index in [1.54, 1.807) is 6.08 Å². The van der Waals surface area contributed by atoms with Gasteiger partial charge in [-0.2, -0.15) is 0 Å². The predicted molar refractivity (Wildman–Crippen MR) is 92.1 cm³/mol. The Hall–Kier alpha value is -2.48.